The average molecular weight is 436 g/mol. The van der Waals surface area contributed by atoms with Crippen LogP contribution in [0.4, 0.5) is 4.39 Å². The van der Waals surface area contributed by atoms with Gasteiger partial charge in [0, 0.05) is 20.1 Å². The highest BCUT2D eigenvalue weighted by Gasteiger charge is 2.27. The van der Waals surface area contributed by atoms with E-state index in [4.69, 9.17) is 4.98 Å². The Morgan fingerprint density at radius 3 is 2.61 bits per heavy atom. The number of fused-ring (bicyclic) bond motifs is 2. The third kappa shape index (κ3) is 4.45. The summed E-state index contributed by atoms with van der Waals surface area (Å²) < 4.78 is 15.2. The average Bonchev–Trinajstić information content (AvgIpc) is 3.26. The fourth-order valence-electron chi connectivity index (χ4n) is 3.82. The summed E-state index contributed by atoms with van der Waals surface area (Å²) in [5, 5.41) is 0.904. The van der Waals surface area contributed by atoms with Gasteiger partial charge < -0.3 is 9.80 Å². The van der Waals surface area contributed by atoms with Crippen LogP contribution in [0.5, 0.6) is 0 Å². The molecule has 0 saturated heterocycles. The van der Waals surface area contributed by atoms with Crippen LogP contribution < -0.4 is 0 Å². The summed E-state index contributed by atoms with van der Waals surface area (Å²) in [6.07, 6.45) is 2.31. The first kappa shape index (κ1) is 21.4. The lowest BCUT2D eigenvalue weighted by atomic mass is 10.0. The molecule has 6 heteroatoms. The van der Waals surface area contributed by atoms with E-state index >= 15 is 0 Å². The van der Waals surface area contributed by atoms with Crippen molar-refractivity contribution >= 4 is 44.7 Å². The van der Waals surface area contributed by atoms with E-state index in [2.05, 4.69) is 12.1 Å². The second kappa shape index (κ2) is 8.73. The SMILES string of the molecule is CC1=C(CC(=O)N(C)CCN(C)C)c2cc(F)ccc2/C1=C\c1nc2ccccc2s1. The van der Waals surface area contributed by atoms with Crippen molar-refractivity contribution in [1.29, 1.82) is 0 Å². The highest BCUT2D eigenvalue weighted by atomic mass is 32.1. The van der Waals surface area contributed by atoms with Crippen LogP contribution in [0.25, 0.3) is 27.4 Å². The lowest BCUT2D eigenvalue weighted by Crippen LogP contribution is -2.33. The summed E-state index contributed by atoms with van der Waals surface area (Å²) in [6, 6.07) is 12.9. The monoisotopic (exact) mass is 435 g/mol. The van der Waals surface area contributed by atoms with Crippen molar-refractivity contribution in [3.8, 4) is 0 Å². The van der Waals surface area contributed by atoms with Crippen LogP contribution in [0.15, 0.2) is 48.0 Å². The maximum absolute atomic E-state index is 14.1. The number of benzene rings is 2. The van der Waals surface area contributed by atoms with Crippen molar-refractivity contribution in [2.75, 3.05) is 34.2 Å². The van der Waals surface area contributed by atoms with Crippen molar-refractivity contribution in [3.05, 3.63) is 70.0 Å². The van der Waals surface area contributed by atoms with E-state index < -0.39 is 0 Å². The summed E-state index contributed by atoms with van der Waals surface area (Å²) >= 11 is 1.63. The van der Waals surface area contributed by atoms with Crippen LogP contribution in [0.2, 0.25) is 0 Å². The second-order valence-corrected chi connectivity index (χ2v) is 9.23. The molecular weight excluding hydrogens is 409 g/mol. The van der Waals surface area contributed by atoms with Gasteiger partial charge in [-0.15, -0.1) is 11.3 Å². The number of thiazole rings is 1. The van der Waals surface area contributed by atoms with Crippen LogP contribution in [0, 0.1) is 5.82 Å². The molecule has 160 valence electrons. The van der Waals surface area contributed by atoms with Crippen molar-refractivity contribution in [2.24, 2.45) is 0 Å². The summed E-state index contributed by atoms with van der Waals surface area (Å²) in [4.78, 5) is 21.4. The molecule has 0 spiro atoms. The van der Waals surface area contributed by atoms with Crippen LogP contribution in [0.3, 0.4) is 0 Å². The molecule has 4 nitrogen and oxygen atoms in total. The van der Waals surface area contributed by atoms with Crippen LogP contribution in [-0.4, -0.2) is 54.9 Å². The van der Waals surface area contributed by atoms with E-state index in [1.807, 2.05) is 51.2 Å². The summed E-state index contributed by atoms with van der Waals surface area (Å²) in [5.41, 5.74) is 5.64. The van der Waals surface area contributed by atoms with Gasteiger partial charge in [-0.25, -0.2) is 9.37 Å². The summed E-state index contributed by atoms with van der Waals surface area (Å²) in [5.74, 6) is -0.258. The van der Waals surface area contributed by atoms with Gasteiger partial charge in [0.05, 0.1) is 16.6 Å². The minimum Gasteiger partial charge on any atom is -0.344 e. The van der Waals surface area contributed by atoms with Crippen molar-refractivity contribution in [2.45, 2.75) is 13.3 Å². The number of allylic oxidation sites excluding steroid dienone is 2. The third-order valence-electron chi connectivity index (χ3n) is 5.67. The topological polar surface area (TPSA) is 36.4 Å². The molecule has 1 heterocycles. The molecule has 0 N–H and O–H groups in total. The van der Waals surface area contributed by atoms with Crippen molar-refractivity contribution in [3.63, 3.8) is 0 Å². The maximum Gasteiger partial charge on any atom is 0.226 e. The fourth-order valence-corrected chi connectivity index (χ4v) is 4.73. The number of likely N-dealkylation sites (N-methyl/N-ethyl adjacent to an activating group) is 2. The zero-order valence-electron chi connectivity index (χ0n) is 18.3. The Morgan fingerprint density at radius 1 is 1.10 bits per heavy atom. The van der Waals surface area contributed by atoms with E-state index in [0.717, 1.165) is 49.6 Å². The molecule has 0 saturated carbocycles. The van der Waals surface area contributed by atoms with Gasteiger partial charge in [0.15, 0.2) is 0 Å². The molecule has 0 bridgehead atoms. The first-order valence-corrected chi connectivity index (χ1v) is 11.1. The molecule has 3 aromatic rings. The highest BCUT2D eigenvalue weighted by molar-refractivity contribution is 7.19. The molecule has 1 aliphatic rings. The molecular formula is C25H26FN3OS. The van der Waals surface area contributed by atoms with Gasteiger partial charge in [0.2, 0.25) is 5.91 Å². The number of hydrogen-bond donors (Lipinski definition) is 0. The van der Waals surface area contributed by atoms with Gasteiger partial charge in [-0.2, -0.15) is 0 Å². The number of amides is 1. The molecule has 1 aromatic heterocycles. The molecule has 4 rings (SSSR count). The summed E-state index contributed by atoms with van der Waals surface area (Å²) in [6.45, 7) is 3.47. The number of halogens is 1. The number of rotatable bonds is 6. The minimum absolute atomic E-state index is 0.0349. The van der Waals surface area contributed by atoms with Crippen LogP contribution in [-0.2, 0) is 4.79 Å². The number of carbonyl (C=O) groups is 1. The first-order valence-electron chi connectivity index (χ1n) is 10.3. The number of nitrogens with zero attached hydrogens (tertiary/aromatic N) is 3. The Bertz CT molecular complexity index is 1180. The maximum atomic E-state index is 14.1. The van der Waals surface area contributed by atoms with Gasteiger partial charge in [-0.05, 0) is 79.2 Å². The van der Waals surface area contributed by atoms with Gasteiger partial charge in [0.1, 0.15) is 10.8 Å². The third-order valence-corrected chi connectivity index (χ3v) is 6.65. The quantitative estimate of drug-likeness (QED) is 0.536. The van der Waals surface area contributed by atoms with Gasteiger partial charge in [-0.3, -0.25) is 4.79 Å². The predicted molar refractivity (Wildman–Crippen MR) is 127 cm³/mol. The molecule has 1 amide bonds. The van der Waals surface area contributed by atoms with E-state index in [-0.39, 0.29) is 18.1 Å². The van der Waals surface area contributed by atoms with E-state index in [1.165, 1.54) is 6.07 Å². The predicted octanol–water partition coefficient (Wildman–Crippen LogP) is 5.17. The molecule has 0 aliphatic heterocycles. The molecule has 0 radical (unpaired) electrons. The highest BCUT2D eigenvalue weighted by Crippen LogP contribution is 2.44. The lowest BCUT2D eigenvalue weighted by molar-refractivity contribution is -0.128. The van der Waals surface area contributed by atoms with Crippen LogP contribution >= 0.6 is 11.3 Å². The molecule has 1 aliphatic carbocycles. The smallest absolute Gasteiger partial charge is 0.226 e. The Hall–Kier alpha value is -2.83. The Balaban J connectivity index is 1.70. The van der Waals surface area contributed by atoms with E-state index in [9.17, 15) is 9.18 Å². The Morgan fingerprint density at radius 2 is 1.87 bits per heavy atom. The fraction of sp³-hybridized carbons (Fsp3) is 0.280. The number of carbonyl (C=O) groups excluding carboxylic acids is 1. The lowest BCUT2D eigenvalue weighted by Gasteiger charge is -2.20. The Kier molecular flexibility index (Phi) is 6.03. The largest absolute Gasteiger partial charge is 0.344 e. The molecule has 2 aromatic carbocycles. The first-order chi connectivity index (χ1) is 14.8. The molecule has 31 heavy (non-hydrogen) atoms. The van der Waals surface area contributed by atoms with Crippen molar-refractivity contribution in [1.82, 2.24) is 14.8 Å². The molecule has 0 unspecified atom stereocenters. The number of hydrogen-bond acceptors (Lipinski definition) is 4. The molecule has 0 fully saturated rings. The van der Waals surface area contributed by atoms with Crippen molar-refractivity contribution < 1.29 is 9.18 Å². The summed E-state index contributed by atoms with van der Waals surface area (Å²) in [7, 11) is 5.79. The van der Waals surface area contributed by atoms with Gasteiger partial charge in [-0.1, -0.05) is 18.2 Å². The van der Waals surface area contributed by atoms with Gasteiger partial charge >= 0.3 is 0 Å². The van der Waals surface area contributed by atoms with E-state index in [1.54, 1.807) is 28.4 Å². The standard InChI is InChI=1S/C25H26FN3OS/c1-16-19(14-24-27-22-7-5-6-8-23(22)31-24)18-10-9-17(26)13-21(18)20(16)15-25(30)29(4)12-11-28(2)3/h5-10,13-14H,11-12,15H2,1-4H3/b19-14-. The molecule has 0 atom stereocenters. The minimum atomic E-state index is -0.293. The Labute approximate surface area is 186 Å². The zero-order chi connectivity index (χ0) is 22.1. The van der Waals surface area contributed by atoms with E-state index in [0.29, 0.717) is 6.54 Å². The zero-order valence-corrected chi connectivity index (χ0v) is 19.1. The number of para-hydroxylation sites is 1. The van der Waals surface area contributed by atoms with Gasteiger partial charge in [0.25, 0.3) is 0 Å². The second-order valence-electron chi connectivity index (χ2n) is 8.17. The number of aromatic nitrogens is 1. The van der Waals surface area contributed by atoms with Crippen LogP contribution in [0.1, 0.15) is 29.5 Å². The normalized spacial score (nSPS) is 14.7.